The summed E-state index contributed by atoms with van der Waals surface area (Å²) in [5.74, 6) is -1.87. The molecule has 4 N–H and O–H groups in total. The summed E-state index contributed by atoms with van der Waals surface area (Å²) in [5.41, 5.74) is 6.54. The first-order valence-electron chi connectivity index (χ1n) is 6.79. The molecule has 2 amide bonds. The van der Waals surface area contributed by atoms with Crippen LogP contribution in [0, 0.1) is 5.92 Å². The summed E-state index contributed by atoms with van der Waals surface area (Å²) >= 11 is 1.53. The topological polar surface area (TPSA) is 109 Å². The summed E-state index contributed by atoms with van der Waals surface area (Å²) in [6.45, 7) is 2.18. The maximum absolute atomic E-state index is 12.2. The van der Waals surface area contributed by atoms with Crippen LogP contribution in [-0.4, -0.2) is 28.9 Å². The second-order valence-corrected chi connectivity index (χ2v) is 6.40. The molecule has 0 aromatic carbocycles. The lowest BCUT2D eigenvalue weighted by atomic mass is 9.88. The van der Waals surface area contributed by atoms with Crippen LogP contribution < -0.4 is 11.1 Å². The van der Waals surface area contributed by atoms with E-state index in [9.17, 15) is 14.4 Å². The standard InChI is InChI=1S/C14H18N2O4S/c1-7-2-3-8-9(6-21-11(8)4-7)13(18)16-10(14(19)20)5-12(15)17/h6-7,10H,2-5H2,1H3,(H2,15,17)(H,16,18)(H,19,20)/t7?,10-/m0/s1. The highest BCUT2D eigenvalue weighted by atomic mass is 32.1. The number of carboxylic acids is 1. The van der Waals surface area contributed by atoms with Gasteiger partial charge in [-0.15, -0.1) is 11.3 Å². The third-order valence-corrected chi connectivity index (χ3v) is 4.71. The number of primary amides is 1. The van der Waals surface area contributed by atoms with Gasteiger partial charge >= 0.3 is 5.97 Å². The summed E-state index contributed by atoms with van der Waals surface area (Å²) in [6.07, 6.45) is 2.39. The van der Waals surface area contributed by atoms with E-state index in [1.807, 2.05) is 0 Å². The molecule has 0 spiro atoms. The molecule has 0 saturated heterocycles. The lowest BCUT2D eigenvalue weighted by Gasteiger charge is -2.19. The van der Waals surface area contributed by atoms with E-state index in [2.05, 4.69) is 12.2 Å². The molecule has 21 heavy (non-hydrogen) atoms. The fourth-order valence-electron chi connectivity index (χ4n) is 2.51. The van der Waals surface area contributed by atoms with Crippen molar-refractivity contribution in [2.75, 3.05) is 0 Å². The second-order valence-electron chi connectivity index (χ2n) is 5.43. The Bertz CT molecular complexity index is 582. The Morgan fingerprint density at radius 2 is 2.24 bits per heavy atom. The first-order chi connectivity index (χ1) is 9.88. The average Bonchev–Trinajstić information content (AvgIpc) is 2.80. The number of thiophene rings is 1. The molecule has 1 unspecified atom stereocenters. The van der Waals surface area contributed by atoms with Crippen LogP contribution >= 0.6 is 11.3 Å². The fraction of sp³-hybridized carbons (Fsp3) is 0.500. The van der Waals surface area contributed by atoms with Crippen LogP contribution in [0.4, 0.5) is 0 Å². The van der Waals surface area contributed by atoms with Crippen molar-refractivity contribution in [2.24, 2.45) is 11.7 Å². The molecule has 1 heterocycles. The van der Waals surface area contributed by atoms with Crippen LogP contribution in [0.25, 0.3) is 0 Å². The van der Waals surface area contributed by atoms with Crippen molar-refractivity contribution >= 4 is 29.1 Å². The SMILES string of the molecule is CC1CCc2c(C(=O)N[C@@H](CC(N)=O)C(=O)O)csc2C1. The van der Waals surface area contributed by atoms with E-state index in [0.29, 0.717) is 11.5 Å². The van der Waals surface area contributed by atoms with E-state index in [1.54, 1.807) is 5.38 Å². The molecule has 1 aromatic rings. The Hall–Kier alpha value is -1.89. The number of hydrogen-bond donors (Lipinski definition) is 3. The van der Waals surface area contributed by atoms with E-state index in [-0.39, 0.29) is 0 Å². The lowest BCUT2D eigenvalue weighted by molar-refractivity contribution is -0.140. The monoisotopic (exact) mass is 310 g/mol. The lowest BCUT2D eigenvalue weighted by Crippen LogP contribution is -2.43. The van der Waals surface area contributed by atoms with Gasteiger partial charge in [0.1, 0.15) is 6.04 Å². The first-order valence-corrected chi connectivity index (χ1v) is 7.67. The van der Waals surface area contributed by atoms with Crippen molar-refractivity contribution < 1.29 is 19.5 Å². The van der Waals surface area contributed by atoms with Gasteiger partial charge in [0.25, 0.3) is 5.91 Å². The number of carbonyl (C=O) groups excluding carboxylic acids is 2. The third-order valence-electron chi connectivity index (χ3n) is 3.66. The Morgan fingerprint density at radius 1 is 1.52 bits per heavy atom. The van der Waals surface area contributed by atoms with E-state index in [4.69, 9.17) is 10.8 Å². The maximum atomic E-state index is 12.2. The molecule has 1 aliphatic rings. The summed E-state index contributed by atoms with van der Waals surface area (Å²) < 4.78 is 0. The van der Waals surface area contributed by atoms with Gasteiger partial charge in [-0.3, -0.25) is 9.59 Å². The van der Waals surface area contributed by atoms with Crippen LogP contribution in [0.15, 0.2) is 5.38 Å². The Balaban J connectivity index is 2.13. The number of aliphatic carboxylic acids is 1. The Labute approximate surface area is 126 Å². The summed E-state index contributed by atoms with van der Waals surface area (Å²) in [6, 6.07) is -1.28. The van der Waals surface area contributed by atoms with Crippen LogP contribution in [0.5, 0.6) is 0 Å². The fourth-order valence-corrected chi connectivity index (χ4v) is 3.75. The first kappa shape index (κ1) is 15.5. The molecule has 2 rings (SSSR count). The van der Waals surface area contributed by atoms with Gasteiger partial charge in [-0.25, -0.2) is 4.79 Å². The quantitative estimate of drug-likeness (QED) is 0.751. The van der Waals surface area contributed by atoms with Crippen molar-refractivity contribution in [1.29, 1.82) is 0 Å². The average molecular weight is 310 g/mol. The van der Waals surface area contributed by atoms with Gasteiger partial charge in [-0.05, 0) is 30.7 Å². The molecule has 0 bridgehead atoms. The molecule has 1 aliphatic carbocycles. The molecule has 0 fully saturated rings. The van der Waals surface area contributed by atoms with Crippen LogP contribution in [-0.2, 0) is 22.4 Å². The van der Waals surface area contributed by atoms with Gasteiger partial charge < -0.3 is 16.2 Å². The molecule has 7 heteroatoms. The number of amides is 2. The third kappa shape index (κ3) is 3.60. The van der Waals surface area contributed by atoms with Crippen molar-refractivity contribution in [3.63, 3.8) is 0 Å². The molecule has 0 aliphatic heterocycles. The van der Waals surface area contributed by atoms with Crippen molar-refractivity contribution in [3.8, 4) is 0 Å². The molecular weight excluding hydrogens is 292 g/mol. The zero-order chi connectivity index (χ0) is 15.6. The van der Waals surface area contributed by atoms with E-state index in [1.165, 1.54) is 16.2 Å². The highest BCUT2D eigenvalue weighted by Crippen LogP contribution is 2.32. The minimum atomic E-state index is -1.28. The van der Waals surface area contributed by atoms with Gasteiger partial charge in [0.2, 0.25) is 5.91 Å². The minimum Gasteiger partial charge on any atom is -0.480 e. The van der Waals surface area contributed by atoms with E-state index < -0.39 is 30.2 Å². The molecule has 6 nitrogen and oxygen atoms in total. The van der Waals surface area contributed by atoms with Gasteiger partial charge in [0.05, 0.1) is 12.0 Å². The smallest absolute Gasteiger partial charge is 0.326 e. The summed E-state index contributed by atoms with van der Waals surface area (Å²) in [4.78, 5) is 35.3. The summed E-state index contributed by atoms with van der Waals surface area (Å²) in [7, 11) is 0. The number of hydrogen-bond acceptors (Lipinski definition) is 4. The second kappa shape index (κ2) is 6.26. The molecular formula is C14H18N2O4S. The van der Waals surface area contributed by atoms with Gasteiger partial charge in [-0.2, -0.15) is 0 Å². The van der Waals surface area contributed by atoms with Gasteiger partial charge in [0.15, 0.2) is 0 Å². The number of nitrogens with two attached hydrogens (primary N) is 1. The van der Waals surface area contributed by atoms with E-state index in [0.717, 1.165) is 24.8 Å². The van der Waals surface area contributed by atoms with Crippen LogP contribution in [0.2, 0.25) is 0 Å². The molecule has 114 valence electrons. The predicted octanol–water partition coefficient (Wildman–Crippen LogP) is 0.931. The Kier molecular flexibility index (Phi) is 4.62. The summed E-state index contributed by atoms with van der Waals surface area (Å²) in [5, 5.41) is 13.2. The number of fused-ring (bicyclic) bond motifs is 1. The van der Waals surface area contributed by atoms with Gasteiger partial charge in [-0.1, -0.05) is 6.92 Å². The van der Waals surface area contributed by atoms with Crippen molar-refractivity contribution in [3.05, 3.63) is 21.4 Å². The maximum Gasteiger partial charge on any atom is 0.326 e. The Morgan fingerprint density at radius 3 is 2.86 bits per heavy atom. The largest absolute Gasteiger partial charge is 0.480 e. The van der Waals surface area contributed by atoms with Gasteiger partial charge in [0, 0.05) is 10.3 Å². The number of nitrogens with one attached hydrogen (secondary N) is 1. The highest BCUT2D eigenvalue weighted by molar-refractivity contribution is 7.10. The zero-order valence-electron chi connectivity index (χ0n) is 11.7. The normalized spacial score (nSPS) is 18.6. The van der Waals surface area contributed by atoms with Crippen LogP contribution in [0.1, 0.15) is 40.6 Å². The predicted molar refractivity (Wildman–Crippen MR) is 78.2 cm³/mol. The number of carboxylic acid groups (broad SMARTS) is 1. The van der Waals surface area contributed by atoms with Crippen molar-refractivity contribution in [2.45, 2.75) is 38.6 Å². The number of carbonyl (C=O) groups is 3. The van der Waals surface area contributed by atoms with Crippen LogP contribution in [0.3, 0.4) is 0 Å². The number of rotatable bonds is 5. The molecule has 0 saturated carbocycles. The van der Waals surface area contributed by atoms with E-state index >= 15 is 0 Å². The molecule has 2 atom stereocenters. The minimum absolute atomic E-state index is 0.412. The molecule has 0 radical (unpaired) electrons. The molecule has 1 aromatic heterocycles. The highest BCUT2D eigenvalue weighted by Gasteiger charge is 2.27. The van der Waals surface area contributed by atoms with Crippen molar-refractivity contribution in [1.82, 2.24) is 5.32 Å². The zero-order valence-corrected chi connectivity index (χ0v) is 12.5.